The van der Waals surface area contributed by atoms with Gasteiger partial charge in [0.1, 0.15) is 0 Å². The molecular formula is C28H31NO2. The molecule has 0 aliphatic heterocycles. The van der Waals surface area contributed by atoms with Crippen molar-refractivity contribution in [2.45, 2.75) is 43.7 Å². The molecule has 4 rings (SSSR count). The average molecular weight is 414 g/mol. The zero-order valence-corrected chi connectivity index (χ0v) is 18.2. The van der Waals surface area contributed by atoms with Crippen LogP contribution in [0.15, 0.2) is 91.0 Å². The second kappa shape index (κ2) is 9.93. The van der Waals surface area contributed by atoms with Gasteiger partial charge in [-0.25, -0.2) is 0 Å². The topological polar surface area (TPSA) is 38.3 Å². The summed E-state index contributed by atoms with van der Waals surface area (Å²) < 4.78 is 4.88. The van der Waals surface area contributed by atoms with Gasteiger partial charge in [-0.1, -0.05) is 91.0 Å². The van der Waals surface area contributed by atoms with Gasteiger partial charge in [0.05, 0.1) is 12.6 Å². The molecule has 3 aromatic rings. The maximum Gasteiger partial charge on any atom is 0.305 e. The number of esters is 1. The number of rotatable bonds is 7. The first kappa shape index (κ1) is 21.3. The monoisotopic (exact) mass is 413 g/mol. The van der Waals surface area contributed by atoms with Gasteiger partial charge in [0.25, 0.3) is 0 Å². The molecule has 0 amide bonds. The van der Waals surface area contributed by atoms with Crippen molar-refractivity contribution in [2.75, 3.05) is 7.11 Å². The molecule has 3 aromatic carbocycles. The van der Waals surface area contributed by atoms with Crippen LogP contribution in [-0.2, 0) is 15.1 Å². The number of methoxy groups -OCH3 is 1. The standard InChI is InChI=1S/C28H31NO2/c1-31-27(30)21-22-17-19-26(20-18-22)29-28(23-11-5-2-6-12-23,24-13-7-3-8-14-24)25-15-9-4-10-16-25/h2-16,22,26,29H,17-21H2,1H3/t22-,26+. The molecule has 1 aliphatic carbocycles. The van der Waals surface area contributed by atoms with E-state index in [2.05, 4.69) is 96.3 Å². The number of carbonyl (C=O) groups is 1. The zero-order chi connectivity index (χ0) is 21.5. The van der Waals surface area contributed by atoms with Gasteiger partial charge >= 0.3 is 5.97 Å². The Hall–Kier alpha value is -2.91. The summed E-state index contributed by atoms with van der Waals surface area (Å²) in [4.78, 5) is 11.7. The molecule has 0 atom stereocenters. The van der Waals surface area contributed by atoms with Crippen molar-refractivity contribution in [3.63, 3.8) is 0 Å². The van der Waals surface area contributed by atoms with Crippen molar-refractivity contribution in [1.82, 2.24) is 5.32 Å². The lowest BCUT2D eigenvalue weighted by Crippen LogP contribution is -2.50. The first-order valence-corrected chi connectivity index (χ1v) is 11.2. The minimum atomic E-state index is -0.427. The molecule has 0 spiro atoms. The van der Waals surface area contributed by atoms with E-state index >= 15 is 0 Å². The van der Waals surface area contributed by atoms with E-state index in [9.17, 15) is 4.79 Å². The highest BCUT2D eigenvalue weighted by atomic mass is 16.5. The molecular weight excluding hydrogens is 382 g/mol. The maximum absolute atomic E-state index is 11.7. The van der Waals surface area contributed by atoms with Crippen molar-refractivity contribution < 1.29 is 9.53 Å². The summed E-state index contributed by atoms with van der Waals surface area (Å²) in [6.07, 6.45) is 4.72. The van der Waals surface area contributed by atoms with E-state index in [1.165, 1.54) is 23.8 Å². The minimum Gasteiger partial charge on any atom is -0.469 e. The highest BCUT2D eigenvalue weighted by molar-refractivity contribution is 5.69. The van der Waals surface area contributed by atoms with Crippen LogP contribution in [-0.4, -0.2) is 19.1 Å². The summed E-state index contributed by atoms with van der Waals surface area (Å²) in [5, 5.41) is 4.09. The summed E-state index contributed by atoms with van der Waals surface area (Å²) in [6.45, 7) is 0. The van der Waals surface area contributed by atoms with Gasteiger partial charge in [0, 0.05) is 12.5 Å². The smallest absolute Gasteiger partial charge is 0.305 e. The number of nitrogens with one attached hydrogen (secondary N) is 1. The quantitative estimate of drug-likeness (QED) is 0.399. The largest absolute Gasteiger partial charge is 0.469 e. The Bertz CT molecular complexity index is 851. The van der Waals surface area contributed by atoms with Crippen LogP contribution in [0.1, 0.15) is 48.8 Å². The number of benzene rings is 3. The van der Waals surface area contributed by atoms with Crippen molar-refractivity contribution in [2.24, 2.45) is 5.92 Å². The molecule has 3 heteroatoms. The van der Waals surface area contributed by atoms with E-state index in [4.69, 9.17) is 4.74 Å². The van der Waals surface area contributed by atoms with E-state index in [0.717, 1.165) is 25.7 Å². The second-order valence-corrected chi connectivity index (χ2v) is 8.49. The molecule has 1 aliphatic rings. The molecule has 3 nitrogen and oxygen atoms in total. The molecule has 0 aromatic heterocycles. The van der Waals surface area contributed by atoms with Crippen LogP contribution in [0.4, 0.5) is 0 Å². The van der Waals surface area contributed by atoms with Gasteiger partial charge in [-0.2, -0.15) is 0 Å². The van der Waals surface area contributed by atoms with Crippen molar-refractivity contribution in [3.8, 4) is 0 Å². The van der Waals surface area contributed by atoms with Gasteiger partial charge in [0.2, 0.25) is 0 Å². The third kappa shape index (κ3) is 4.72. The lowest BCUT2D eigenvalue weighted by atomic mass is 9.75. The Kier molecular flexibility index (Phi) is 6.83. The molecule has 1 fully saturated rings. The normalized spacial score (nSPS) is 19.0. The van der Waals surface area contributed by atoms with Crippen LogP contribution in [0.2, 0.25) is 0 Å². The Balaban J connectivity index is 1.69. The molecule has 31 heavy (non-hydrogen) atoms. The van der Waals surface area contributed by atoms with Gasteiger partial charge in [-0.15, -0.1) is 0 Å². The average Bonchev–Trinajstić information content (AvgIpc) is 2.85. The maximum atomic E-state index is 11.7. The van der Waals surface area contributed by atoms with E-state index in [1.807, 2.05) is 0 Å². The first-order valence-electron chi connectivity index (χ1n) is 11.2. The van der Waals surface area contributed by atoms with Crippen molar-refractivity contribution in [1.29, 1.82) is 0 Å². The Morgan fingerprint density at radius 1 is 0.774 bits per heavy atom. The van der Waals surface area contributed by atoms with Crippen LogP contribution in [0.25, 0.3) is 0 Å². The van der Waals surface area contributed by atoms with E-state index in [1.54, 1.807) is 0 Å². The molecule has 0 heterocycles. The fourth-order valence-electron chi connectivity index (χ4n) is 4.95. The molecule has 0 unspecified atom stereocenters. The molecule has 0 radical (unpaired) electrons. The SMILES string of the molecule is COC(=O)C[C@H]1CC[C@@H](NC(c2ccccc2)(c2ccccc2)c2ccccc2)CC1. The number of hydrogen-bond acceptors (Lipinski definition) is 3. The van der Waals surface area contributed by atoms with E-state index in [-0.39, 0.29) is 5.97 Å². The van der Waals surface area contributed by atoms with Crippen LogP contribution in [0, 0.1) is 5.92 Å². The van der Waals surface area contributed by atoms with Crippen molar-refractivity contribution in [3.05, 3.63) is 108 Å². The van der Waals surface area contributed by atoms with Gasteiger partial charge in [-0.3, -0.25) is 10.1 Å². The van der Waals surface area contributed by atoms with Crippen LogP contribution in [0.3, 0.4) is 0 Å². The van der Waals surface area contributed by atoms with Gasteiger partial charge in [-0.05, 0) is 48.3 Å². The lowest BCUT2D eigenvalue weighted by molar-refractivity contribution is -0.142. The zero-order valence-electron chi connectivity index (χ0n) is 18.2. The summed E-state index contributed by atoms with van der Waals surface area (Å²) >= 11 is 0. The molecule has 160 valence electrons. The van der Waals surface area contributed by atoms with Crippen LogP contribution < -0.4 is 5.32 Å². The fourth-order valence-corrected chi connectivity index (χ4v) is 4.95. The summed E-state index contributed by atoms with van der Waals surface area (Å²) in [5.74, 6) is 0.327. The number of ether oxygens (including phenoxy) is 1. The molecule has 0 bridgehead atoms. The van der Waals surface area contributed by atoms with Gasteiger partial charge in [0.15, 0.2) is 0 Å². The third-order valence-corrected chi connectivity index (χ3v) is 6.57. The summed E-state index contributed by atoms with van der Waals surface area (Å²) in [5.41, 5.74) is 3.29. The van der Waals surface area contributed by atoms with E-state index < -0.39 is 5.54 Å². The van der Waals surface area contributed by atoms with Crippen LogP contribution in [0.5, 0.6) is 0 Å². The molecule has 0 saturated heterocycles. The highest BCUT2D eigenvalue weighted by Gasteiger charge is 2.38. The minimum absolute atomic E-state index is 0.0939. The van der Waals surface area contributed by atoms with Crippen molar-refractivity contribution >= 4 is 5.97 Å². The Labute approximate surface area is 185 Å². The molecule has 1 saturated carbocycles. The fraction of sp³-hybridized carbons (Fsp3) is 0.321. The summed E-state index contributed by atoms with van der Waals surface area (Å²) in [7, 11) is 1.48. The first-order chi connectivity index (χ1) is 15.2. The predicted molar refractivity (Wildman–Crippen MR) is 125 cm³/mol. The van der Waals surface area contributed by atoms with E-state index in [0.29, 0.717) is 18.4 Å². The Morgan fingerprint density at radius 2 is 1.19 bits per heavy atom. The van der Waals surface area contributed by atoms with Crippen LogP contribution >= 0.6 is 0 Å². The lowest BCUT2D eigenvalue weighted by Gasteiger charge is -2.42. The van der Waals surface area contributed by atoms with Gasteiger partial charge < -0.3 is 4.74 Å². The molecule has 1 N–H and O–H groups in total. The third-order valence-electron chi connectivity index (χ3n) is 6.57. The number of carbonyl (C=O) groups excluding carboxylic acids is 1. The highest BCUT2D eigenvalue weighted by Crippen LogP contribution is 2.39. The summed E-state index contributed by atoms with van der Waals surface area (Å²) in [6, 6.07) is 32.6. The predicted octanol–water partition coefficient (Wildman–Crippen LogP) is 5.69. The Morgan fingerprint density at radius 3 is 1.58 bits per heavy atom. The number of hydrogen-bond donors (Lipinski definition) is 1. The second-order valence-electron chi connectivity index (χ2n) is 8.49.